The number of carbonyl (C=O) groups is 2. The minimum Gasteiger partial charge on any atom is -0.397 e. The van der Waals surface area contributed by atoms with Crippen LogP contribution in [-0.4, -0.2) is 24.4 Å². The molecule has 20 heavy (non-hydrogen) atoms. The van der Waals surface area contributed by atoms with Gasteiger partial charge in [-0.15, -0.1) is 0 Å². The van der Waals surface area contributed by atoms with Crippen LogP contribution in [0.15, 0.2) is 12.1 Å². The normalized spacial score (nSPS) is 21.5. The van der Waals surface area contributed by atoms with E-state index in [9.17, 15) is 9.59 Å². The first kappa shape index (κ1) is 12.8. The minimum atomic E-state index is -0.312. The van der Waals surface area contributed by atoms with Crippen molar-refractivity contribution in [1.29, 1.82) is 0 Å². The minimum absolute atomic E-state index is 0.0147. The van der Waals surface area contributed by atoms with Crippen molar-refractivity contribution < 1.29 is 9.59 Å². The third kappa shape index (κ3) is 2.07. The smallest absolute Gasteiger partial charge is 0.240 e. The first-order chi connectivity index (χ1) is 9.56. The Labute approximate surface area is 117 Å². The Morgan fingerprint density at radius 3 is 2.90 bits per heavy atom. The van der Waals surface area contributed by atoms with E-state index >= 15 is 0 Å². The molecule has 0 aliphatic carbocycles. The number of nitrogen functional groups attached to an aromatic ring is 1. The van der Waals surface area contributed by atoms with Gasteiger partial charge >= 0.3 is 0 Å². The number of rotatable bonds is 2. The van der Waals surface area contributed by atoms with Crippen molar-refractivity contribution in [3.63, 3.8) is 0 Å². The number of hydrogen-bond donors (Lipinski definition) is 3. The highest BCUT2D eigenvalue weighted by atomic mass is 16.2. The molecule has 1 aromatic carbocycles. The number of carbonyl (C=O) groups excluding carboxylic acids is 2. The van der Waals surface area contributed by atoms with Gasteiger partial charge in [0.1, 0.15) is 6.04 Å². The van der Waals surface area contributed by atoms with Gasteiger partial charge in [0, 0.05) is 18.7 Å². The maximum atomic E-state index is 11.5. The molecule has 5 N–H and O–H groups in total. The number of primary amides is 1. The molecule has 1 aromatic rings. The van der Waals surface area contributed by atoms with Crippen LogP contribution in [0.25, 0.3) is 0 Å². The second-order valence-electron chi connectivity index (χ2n) is 5.37. The number of nitrogens with one attached hydrogen (secondary N) is 1. The Kier molecular flexibility index (Phi) is 3.00. The van der Waals surface area contributed by atoms with Crippen LogP contribution in [0.4, 0.5) is 17.1 Å². The van der Waals surface area contributed by atoms with Gasteiger partial charge in [-0.3, -0.25) is 9.59 Å². The van der Waals surface area contributed by atoms with E-state index in [1.807, 2.05) is 11.0 Å². The van der Waals surface area contributed by atoms with Crippen LogP contribution in [-0.2, 0) is 16.0 Å². The van der Waals surface area contributed by atoms with E-state index < -0.39 is 0 Å². The maximum Gasteiger partial charge on any atom is 0.240 e. The predicted molar refractivity (Wildman–Crippen MR) is 77.4 cm³/mol. The molecule has 6 heteroatoms. The summed E-state index contributed by atoms with van der Waals surface area (Å²) in [6.45, 7) is 0.781. The van der Waals surface area contributed by atoms with Gasteiger partial charge in [-0.05, 0) is 37.0 Å². The lowest BCUT2D eigenvalue weighted by Gasteiger charge is -2.28. The van der Waals surface area contributed by atoms with Gasteiger partial charge < -0.3 is 21.7 Å². The quantitative estimate of drug-likeness (QED) is 0.687. The molecule has 1 saturated heterocycles. The number of amides is 2. The van der Waals surface area contributed by atoms with E-state index in [0.29, 0.717) is 18.5 Å². The van der Waals surface area contributed by atoms with Crippen LogP contribution in [0.3, 0.4) is 0 Å². The van der Waals surface area contributed by atoms with E-state index in [-0.39, 0.29) is 17.9 Å². The van der Waals surface area contributed by atoms with Crippen LogP contribution in [0.1, 0.15) is 24.8 Å². The standard InChI is InChI=1S/C14H18N4O2/c15-9-7-10-8(3-4-13(19)17-10)6-12(9)18-5-1-2-11(18)14(16)20/h6-7,11H,1-5,15H2,(H2,16,20)(H,17,19). The summed E-state index contributed by atoms with van der Waals surface area (Å²) in [4.78, 5) is 24.9. The number of aryl methyl sites for hydroxylation is 1. The molecule has 1 atom stereocenters. The van der Waals surface area contributed by atoms with Crippen LogP contribution < -0.4 is 21.7 Å². The summed E-state index contributed by atoms with van der Waals surface area (Å²) in [5.74, 6) is -0.297. The van der Waals surface area contributed by atoms with Crippen molar-refractivity contribution >= 4 is 28.9 Å². The zero-order valence-electron chi connectivity index (χ0n) is 11.2. The van der Waals surface area contributed by atoms with Crippen molar-refractivity contribution in [2.45, 2.75) is 31.7 Å². The molecule has 0 bridgehead atoms. The summed E-state index contributed by atoms with van der Waals surface area (Å²) in [5, 5.41) is 2.82. The molecule has 2 amide bonds. The molecule has 6 nitrogen and oxygen atoms in total. The van der Waals surface area contributed by atoms with Gasteiger partial charge in [-0.25, -0.2) is 0 Å². The molecule has 106 valence electrons. The fraction of sp³-hybridized carbons (Fsp3) is 0.429. The number of benzene rings is 1. The summed E-state index contributed by atoms with van der Waals surface area (Å²) in [6.07, 6.45) is 2.88. The average Bonchev–Trinajstić information content (AvgIpc) is 2.87. The van der Waals surface area contributed by atoms with Crippen molar-refractivity contribution in [1.82, 2.24) is 0 Å². The molecule has 0 saturated carbocycles. The fourth-order valence-electron chi connectivity index (χ4n) is 3.03. The van der Waals surface area contributed by atoms with Crippen LogP contribution in [0, 0.1) is 0 Å². The summed E-state index contributed by atoms with van der Waals surface area (Å²) < 4.78 is 0. The zero-order valence-corrected chi connectivity index (χ0v) is 11.2. The molecular formula is C14H18N4O2. The molecule has 2 heterocycles. The lowest BCUT2D eigenvalue weighted by molar-refractivity contribution is -0.119. The average molecular weight is 274 g/mol. The van der Waals surface area contributed by atoms with Crippen molar-refractivity contribution in [2.24, 2.45) is 5.73 Å². The maximum absolute atomic E-state index is 11.5. The largest absolute Gasteiger partial charge is 0.397 e. The molecule has 0 radical (unpaired) electrons. The molecule has 3 rings (SSSR count). The lowest BCUT2D eigenvalue weighted by Crippen LogP contribution is -2.40. The number of anilines is 3. The molecule has 1 fully saturated rings. The van der Waals surface area contributed by atoms with E-state index in [4.69, 9.17) is 11.5 Å². The van der Waals surface area contributed by atoms with Gasteiger partial charge in [0.15, 0.2) is 0 Å². The fourth-order valence-corrected chi connectivity index (χ4v) is 3.03. The monoisotopic (exact) mass is 274 g/mol. The second-order valence-corrected chi connectivity index (χ2v) is 5.37. The number of fused-ring (bicyclic) bond motifs is 1. The molecule has 2 aliphatic rings. The first-order valence-electron chi connectivity index (χ1n) is 6.84. The molecule has 1 unspecified atom stereocenters. The lowest BCUT2D eigenvalue weighted by atomic mass is 10.0. The van der Waals surface area contributed by atoms with Crippen LogP contribution in [0.2, 0.25) is 0 Å². The first-order valence-corrected chi connectivity index (χ1v) is 6.84. The van der Waals surface area contributed by atoms with Gasteiger partial charge in [0.2, 0.25) is 11.8 Å². The highest BCUT2D eigenvalue weighted by Gasteiger charge is 2.31. The van der Waals surface area contributed by atoms with E-state index in [0.717, 1.165) is 36.3 Å². The van der Waals surface area contributed by atoms with E-state index in [1.165, 1.54) is 0 Å². The summed E-state index contributed by atoms with van der Waals surface area (Å²) in [6, 6.07) is 3.47. The van der Waals surface area contributed by atoms with Gasteiger partial charge in [-0.2, -0.15) is 0 Å². The number of hydrogen-bond acceptors (Lipinski definition) is 4. The number of nitrogens with zero attached hydrogens (tertiary/aromatic N) is 1. The molecule has 0 spiro atoms. The molecule has 2 aliphatic heterocycles. The predicted octanol–water partition coefficient (Wildman–Crippen LogP) is 0.608. The van der Waals surface area contributed by atoms with Crippen molar-refractivity contribution in [2.75, 3.05) is 22.5 Å². The topological polar surface area (TPSA) is 101 Å². The summed E-state index contributed by atoms with van der Waals surface area (Å²) in [5.41, 5.74) is 14.8. The third-order valence-electron chi connectivity index (χ3n) is 4.04. The van der Waals surface area contributed by atoms with E-state index in [1.54, 1.807) is 6.07 Å². The van der Waals surface area contributed by atoms with Gasteiger partial charge in [0.05, 0.1) is 11.4 Å². The zero-order chi connectivity index (χ0) is 14.3. The van der Waals surface area contributed by atoms with Gasteiger partial charge in [-0.1, -0.05) is 0 Å². The molecular weight excluding hydrogens is 256 g/mol. The van der Waals surface area contributed by atoms with Crippen molar-refractivity contribution in [3.8, 4) is 0 Å². The number of nitrogens with two attached hydrogens (primary N) is 2. The highest BCUT2D eigenvalue weighted by Crippen LogP contribution is 2.36. The van der Waals surface area contributed by atoms with Crippen LogP contribution in [0.5, 0.6) is 0 Å². The second kappa shape index (κ2) is 4.70. The Morgan fingerprint density at radius 1 is 1.35 bits per heavy atom. The third-order valence-corrected chi connectivity index (χ3v) is 4.04. The van der Waals surface area contributed by atoms with E-state index in [2.05, 4.69) is 5.32 Å². The Hall–Kier alpha value is -2.24. The Balaban J connectivity index is 1.98. The Bertz CT molecular complexity index is 585. The van der Waals surface area contributed by atoms with Crippen molar-refractivity contribution in [3.05, 3.63) is 17.7 Å². The molecule has 0 aromatic heterocycles. The summed E-state index contributed by atoms with van der Waals surface area (Å²) in [7, 11) is 0. The van der Waals surface area contributed by atoms with Gasteiger partial charge in [0.25, 0.3) is 0 Å². The Morgan fingerprint density at radius 2 is 2.15 bits per heavy atom. The highest BCUT2D eigenvalue weighted by molar-refractivity contribution is 5.96. The van der Waals surface area contributed by atoms with Crippen LogP contribution >= 0.6 is 0 Å². The summed E-state index contributed by atoms with van der Waals surface area (Å²) >= 11 is 0. The SMILES string of the molecule is NC(=O)C1CCCN1c1cc2c(cc1N)NC(=O)CC2.